The summed E-state index contributed by atoms with van der Waals surface area (Å²) in [5, 5.41) is 0. The Balaban J connectivity index is 2.04. The van der Waals surface area contributed by atoms with Gasteiger partial charge in [-0.1, -0.05) is 12.1 Å². The van der Waals surface area contributed by atoms with Gasteiger partial charge in [-0.25, -0.2) is 13.4 Å². The van der Waals surface area contributed by atoms with E-state index in [1.165, 1.54) is 22.9 Å². The van der Waals surface area contributed by atoms with Crippen molar-refractivity contribution in [2.24, 2.45) is 0 Å². The van der Waals surface area contributed by atoms with Crippen molar-refractivity contribution in [3.63, 3.8) is 0 Å². The molecule has 2 heterocycles. The summed E-state index contributed by atoms with van der Waals surface area (Å²) < 4.78 is 106. The number of hydrogen-bond acceptors (Lipinski definition) is 3. The third kappa shape index (κ3) is 4.08. The van der Waals surface area contributed by atoms with Gasteiger partial charge in [0.1, 0.15) is 11.7 Å². The summed E-state index contributed by atoms with van der Waals surface area (Å²) in [5.74, 6) is 0. The van der Waals surface area contributed by atoms with Gasteiger partial charge in [-0.05, 0) is 29.8 Å². The number of imidazole rings is 1. The van der Waals surface area contributed by atoms with Crippen LogP contribution >= 0.6 is 0 Å². The molecular formula is C17H13F6N3O2S. The molecule has 0 aliphatic heterocycles. The first-order valence-electron chi connectivity index (χ1n) is 7.96. The third-order valence-electron chi connectivity index (χ3n) is 4.27. The van der Waals surface area contributed by atoms with E-state index in [0.717, 1.165) is 19.3 Å². The lowest BCUT2D eigenvalue weighted by molar-refractivity contribution is -0.171. The second-order valence-electron chi connectivity index (χ2n) is 6.14. The molecule has 0 amide bonds. The highest BCUT2D eigenvalue weighted by atomic mass is 32.2. The van der Waals surface area contributed by atoms with E-state index in [-0.39, 0.29) is 4.31 Å². The van der Waals surface area contributed by atoms with Gasteiger partial charge in [0.25, 0.3) is 0 Å². The van der Waals surface area contributed by atoms with E-state index in [2.05, 4.69) is 4.98 Å². The molecule has 0 saturated carbocycles. The lowest BCUT2D eigenvalue weighted by Crippen LogP contribution is -2.39. The highest BCUT2D eigenvalue weighted by Crippen LogP contribution is 2.40. The van der Waals surface area contributed by atoms with Gasteiger partial charge in [0.05, 0.1) is 10.5 Å². The second kappa shape index (κ2) is 7.02. The normalized spacial score (nSPS) is 14.5. The largest absolute Gasteiger partial charge is 0.416 e. The zero-order chi connectivity index (χ0) is 21.6. The summed E-state index contributed by atoms with van der Waals surface area (Å²) >= 11 is 0. The highest BCUT2D eigenvalue weighted by molar-refractivity contribution is 7.89. The molecule has 156 valence electrons. The average Bonchev–Trinajstić information content (AvgIpc) is 3.08. The predicted octanol–water partition coefficient (Wildman–Crippen LogP) is 4.28. The maximum absolute atomic E-state index is 13.7. The molecular weight excluding hydrogens is 424 g/mol. The zero-order valence-corrected chi connectivity index (χ0v) is 15.4. The molecule has 2 aromatic heterocycles. The Labute approximate surface area is 161 Å². The van der Waals surface area contributed by atoms with Crippen molar-refractivity contribution in [1.82, 2.24) is 13.7 Å². The van der Waals surface area contributed by atoms with Crippen LogP contribution in [0.1, 0.15) is 17.2 Å². The average molecular weight is 437 g/mol. The van der Waals surface area contributed by atoms with E-state index in [1.807, 2.05) is 0 Å². The van der Waals surface area contributed by atoms with Gasteiger partial charge in [-0.2, -0.15) is 30.6 Å². The first-order valence-corrected chi connectivity index (χ1v) is 9.40. The Kier molecular flexibility index (Phi) is 5.11. The van der Waals surface area contributed by atoms with Crippen LogP contribution in [0, 0.1) is 0 Å². The SMILES string of the molecule is CN(C(c1ccc(C(F)(F)F)cc1)C(F)(F)F)S(=O)(=O)c1ccc2nccn2c1. The molecule has 0 fully saturated rings. The minimum Gasteiger partial charge on any atom is -0.306 e. The first kappa shape index (κ1) is 21.1. The van der Waals surface area contributed by atoms with Gasteiger partial charge < -0.3 is 4.40 Å². The quantitative estimate of drug-likeness (QED) is 0.573. The Morgan fingerprint density at radius 1 is 1.00 bits per heavy atom. The Hall–Kier alpha value is -2.60. The molecule has 0 bridgehead atoms. The summed E-state index contributed by atoms with van der Waals surface area (Å²) in [6, 6.07) is 1.94. The third-order valence-corrected chi connectivity index (χ3v) is 6.07. The van der Waals surface area contributed by atoms with Crippen LogP contribution in [0.2, 0.25) is 0 Å². The van der Waals surface area contributed by atoms with Crippen LogP contribution in [0.3, 0.4) is 0 Å². The van der Waals surface area contributed by atoms with Crippen molar-refractivity contribution >= 4 is 15.7 Å². The van der Waals surface area contributed by atoms with Gasteiger partial charge in [0.15, 0.2) is 0 Å². The van der Waals surface area contributed by atoms with Gasteiger partial charge >= 0.3 is 12.4 Å². The molecule has 1 aromatic carbocycles. The van der Waals surface area contributed by atoms with Crippen LogP contribution in [-0.2, 0) is 16.2 Å². The monoisotopic (exact) mass is 437 g/mol. The minimum absolute atomic E-state index is 0.0910. The van der Waals surface area contributed by atoms with Gasteiger partial charge in [-0.3, -0.25) is 0 Å². The van der Waals surface area contributed by atoms with Gasteiger partial charge in [0, 0.05) is 25.6 Å². The molecule has 5 nitrogen and oxygen atoms in total. The molecule has 1 atom stereocenters. The molecule has 12 heteroatoms. The van der Waals surface area contributed by atoms with Gasteiger partial charge in [-0.15, -0.1) is 0 Å². The van der Waals surface area contributed by atoms with Crippen LogP contribution < -0.4 is 0 Å². The maximum Gasteiger partial charge on any atom is 0.416 e. The van der Waals surface area contributed by atoms with Crippen LogP contribution in [0.15, 0.2) is 59.9 Å². The Bertz CT molecular complexity index is 1120. The smallest absolute Gasteiger partial charge is 0.306 e. The van der Waals surface area contributed by atoms with E-state index >= 15 is 0 Å². The predicted molar refractivity (Wildman–Crippen MR) is 90.4 cm³/mol. The number of alkyl halides is 6. The van der Waals surface area contributed by atoms with Crippen molar-refractivity contribution in [1.29, 1.82) is 0 Å². The minimum atomic E-state index is -5.07. The molecule has 0 aliphatic rings. The number of aromatic nitrogens is 2. The summed E-state index contributed by atoms with van der Waals surface area (Å²) in [7, 11) is -3.91. The van der Waals surface area contributed by atoms with Gasteiger partial charge in [0.2, 0.25) is 10.0 Å². The molecule has 1 unspecified atom stereocenters. The number of sulfonamides is 1. The van der Waals surface area contributed by atoms with E-state index in [0.29, 0.717) is 29.9 Å². The summed E-state index contributed by atoms with van der Waals surface area (Å²) in [5.41, 5.74) is -1.39. The molecule has 29 heavy (non-hydrogen) atoms. The lowest BCUT2D eigenvalue weighted by Gasteiger charge is -2.29. The van der Waals surface area contributed by atoms with Crippen molar-refractivity contribution in [2.45, 2.75) is 23.3 Å². The standard InChI is InChI=1S/C17H13F6N3O2S/c1-25(29(27,28)13-6-7-14-24-8-9-26(14)10-13)15(17(21,22)23)11-2-4-12(5-3-11)16(18,19)20/h2-10,15H,1H3. The van der Waals surface area contributed by atoms with E-state index in [4.69, 9.17) is 0 Å². The van der Waals surface area contributed by atoms with Crippen LogP contribution in [0.4, 0.5) is 26.3 Å². The number of halogens is 6. The molecule has 0 saturated heterocycles. The maximum atomic E-state index is 13.7. The van der Waals surface area contributed by atoms with E-state index in [1.54, 1.807) is 0 Å². The molecule has 0 radical (unpaired) electrons. The molecule has 3 rings (SSSR count). The second-order valence-corrected chi connectivity index (χ2v) is 8.14. The number of benzene rings is 1. The van der Waals surface area contributed by atoms with Crippen LogP contribution in [0.25, 0.3) is 5.65 Å². The summed E-state index contributed by atoms with van der Waals surface area (Å²) in [6.45, 7) is 0. The molecule has 0 spiro atoms. The number of nitrogens with zero attached hydrogens (tertiary/aromatic N) is 3. The molecule has 0 N–H and O–H groups in total. The Morgan fingerprint density at radius 2 is 1.62 bits per heavy atom. The fourth-order valence-corrected chi connectivity index (χ4v) is 4.15. The number of pyridine rings is 1. The highest BCUT2D eigenvalue weighted by Gasteiger charge is 2.48. The van der Waals surface area contributed by atoms with Crippen molar-refractivity contribution < 1.29 is 34.8 Å². The number of fused-ring (bicyclic) bond motifs is 1. The zero-order valence-electron chi connectivity index (χ0n) is 14.6. The number of hydrogen-bond donors (Lipinski definition) is 0. The summed E-state index contributed by atoms with van der Waals surface area (Å²) in [4.78, 5) is 3.49. The summed E-state index contributed by atoms with van der Waals surface area (Å²) in [6.07, 6.45) is -5.89. The lowest BCUT2D eigenvalue weighted by atomic mass is 10.0. The first-order chi connectivity index (χ1) is 13.3. The van der Waals surface area contributed by atoms with Crippen LogP contribution in [0.5, 0.6) is 0 Å². The van der Waals surface area contributed by atoms with Crippen molar-refractivity contribution in [2.75, 3.05) is 7.05 Å². The van der Waals surface area contributed by atoms with E-state index < -0.39 is 44.4 Å². The topological polar surface area (TPSA) is 54.7 Å². The van der Waals surface area contributed by atoms with E-state index in [9.17, 15) is 34.8 Å². The fourth-order valence-electron chi connectivity index (χ4n) is 2.82. The van der Waals surface area contributed by atoms with Crippen molar-refractivity contribution in [3.05, 3.63) is 66.1 Å². The Morgan fingerprint density at radius 3 is 2.17 bits per heavy atom. The number of rotatable bonds is 4. The fraction of sp³-hybridized carbons (Fsp3) is 0.235. The molecule has 0 aliphatic carbocycles. The van der Waals surface area contributed by atoms with Crippen LogP contribution in [-0.4, -0.2) is 35.3 Å². The van der Waals surface area contributed by atoms with Crippen molar-refractivity contribution in [3.8, 4) is 0 Å². The molecule has 3 aromatic rings.